The minimum absolute atomic E-state index is 0.248. The van der Waals surface area contributed by atoms with E-state index in [0.717, 1.165) is 12.8 Å². The number of nitrogens with one attached hydrogen (secondary N) is 2. The molecule has 0 aromatic rings. The molecule has 1 unspecified atom stereocenters. The van der Waals surface area contributed by atoms with Crippen LogP contribution in [0.1, 0.15) is 46.0 Å². The molecule has 0 heterocycles. The fourth-order valence-electron chi connectivity index (χ4n) is 2.00. The average Bonchev–Trinajstić information content (AvgIpc) is 2.30. The van der Waals surface area contributed by atoms with Gasteiger partial charge < -0.3 is 15.4 Å². The summed E-state index contributed by atoms with van der Waals surface area (Å²) in [5, 5.41) is 5.48. The molecule has 2 amide bonds. The molecule has 1 atom stereocenters. The first-order chi connectivity index (χ1) is 8.13. The first kappa shape index (κ1) is 13.8. The zero-order valence-corrected chi connectivity index (χ0v) is 10.6. The molecule has 0 aromatic heterocycles. The third kappa shape index (κ3) is 5.06. The predicted molar refractivity (Wildman–Crippen MR) is 64.6 cm³/mol. The lowest BCUT2D eigenvalue weighted by Gasteiger charge is -2.23. The van der Waals surface area contributed by atoms with Gasteiger partial charge in [-0.05, 0) is 26.7 Å². The van der Waals surface area contributed by atoms with E-state index in [-0.39, 0.29) is 12.1 Å². The van der Waals surface area contributed by atoms with Crippen molar-refractivity contribution in [3.8, 4) is 0 Å². The second-order valence-corrected chi connectivity index (χ2v) is 4.43. The Bertz CT molecular complexity index is 262. The Labute approximate surface area is 102 Å². The standard InChI is InChI=1S/C12H22N2O3/c1-3-17-11(15)9(2)13-12(16)14-10-7-5-4-6-8-10/h9-10H,3-8H2,1-2H3,(H2,13,14,16). The van der Waals surface area contributed by atoms with E-state index in [1.165, 1.54) is 19.3 Å². The largest absolute Gasteiger partial charge is 0.464 e. The van der Waals surface area contributed by atoms with Crippen molar-refractivity contribution in [3.63, 3.8) is 0 Å². The number of rotatable bonds is 4. The number of urea groups is 1. The van der Waals surface area contributed by atoms with Crippen LogP contribution in [0, 0.1) is 0 Å². The molecule has 0 bridgehead atoms. The highest BCUT2D eigenvalue weighted by Crippen LogP contribution is 2.17. The summed E-state index contributed by atoms with van der Waals surface area (Å²) in [7, 11) is 0. The molecule has 0 aliphatic heterocycles. The normalized spacial score (nSPS) is 18.2. The van der Waals surface area contributed by atoms with Crippen molar-refractivity contribution in [2.75, 3.05) is 6.61 Å². The van der Waals surface area contributed by atoms with Gasteiger partial charge in [0.2, 0.25) is 0 Å². The predicted octanol–water partition coefficient (Wildman–Crippen LogP) is 1.57. The smallest absolute Gasteiger partial charge is 0.328 e. The Balaban J connectivity index is 2.25. The third-order valence-electron chi connectivity index (χ3n) is 2.93. The quantitative estimate of drug-likeness (QED) is 0.735. The Morgan fingerprint density at radius 2 is 1.94 bits per heavy atom. The van der Waals surface area contributed by atoms with Crippen LogP contribution in [0.3, 0.4) is 0 Å². The molecule has 17 heavy (non-hydrogen) atoms. The summed E-state index contributed by atoms with van der Waals surface area (Å²) in [4.78, 5) is 22.9. The molecule has 0 aromatic carbocycles. The first-order valence-corrected chi connectivity index (χ1v) is 6.37. The van der Waals surface area contributed by atoms with Gasteiger partial charge >= 0.3 is 12.0 Å². The van der Waals surface area contributed by atoms with E-state index in [1.54, 1.807) is 13.8 Å². The topological polar surface area (TPSA) is 67.4 Å². The van der Waals surface area contributed by atoms with Crippen LogP contribution < -0.4 is 10.6 Å². The highest BCUT2D eigenvalue weighted by atomic mass is 16.5. The second-order valence-electron chi connectivity index (χ2n) is 4.43. The number of amides is 2. The van der Waals surface area contributed by atoms with E-state index in [0.29, 0.717) is 6.61 Å². The van der Waals surface area contributed by atoms with Gasteiger partial charge in [-0.1, -0.05) is 19.3 Å². The number of carbonyl (C=O) groups excluding carboxylic acids is 2. The number of ether oxygens (including phenoxy) is 1. The fourth-order valence-corrected chi connectivity index (χ4v) is 2.00. The van der Waals surface area contributed by atoms with Crippen molar-refractivity contribution in [3.05, 3.63) is 0 Å². The highest BCUT2D eigenvalue weighted by Gasteiger charge is 2.19. The van der Waals surface area contributed by atoms with Gasteiger partial charge in [0.05, 0.1) is 6.61 Å². The number of hydrogen-bond acceptors (Lipinski definition) is 3. The van der Waals surface area contributed by atoms with Crippen LogP contribution in [-0.4, -0.2) is 30.7 Å². The SMILES string of the molecule is CCOC(=O)C(C)NC(=O)NC1CCCCC1. The Kier molecular flexibility index (Phi) is 5.80. The Morgan fingerprint density at radius 1 is 1.29 bits per heavy atom. The van der Waals surface area contributed by atoms with Gasteiger partial charge in [-0.2, -0.15) is 0 Å². The first-order valence-electron chi connectivity index (χ1n) is 6.37. The third-order valence-corrected chi connectivity index (χ3v) is 2.93. The van der Waals surface area contributed by atoms with Crippen molar-refractivity contribution in [2.45, 2.75) is 58.0 Å². The van der Waals surface area contributed by atoms with Gasteiger partial charge in [-0.25, -0.2) is 9.59 Å². The summed E-state index contributed by atoms with van der Waals surface area (Å²) in [5.41, 5.74) is 0. The van der Waals surface area contributed by atoms with E-state index in [4.69, 9.17) is 4.74 Å². The summed E-state index contributed by atoms with van der Waals surface area (Å²) in [6.45, 7) is 3.69. The van der Waals surface area contributed by atoms with Crippen LogP contribution in [0.25, 0.3) is 0 Å². The van der Waals surface area contributed by atoms with Crippen LogP contribution in [0.4, 0.5) is 4.79 Å². The lowest BCUT2D eigenvalue weighted by atomic mass is 9.96. The molecule has 5 nitrogen and oxygen atoms in total. The lowest BCUT2D eigenvalue weighted by molar-refractivity contribution is -0.144. The highest BCUT2D eigenvalue weighted by molar-refractivity contribution is 5.83. The van der Waals surface area contributed by atoms with Crippen LogP contribution in [-0.2, 0) is 9.53 Å². The van der Waals surface area contributed by atoms with Gasteiger partial charge in [0.15, 0.2) is 0 Å². The molecule has 0 radical (unpaired) electrons. The van der Waals surface area contributed by atoms with Crippen molar-refractivity contribution in [1.29, 1.82) is 0 Å². The van der Waals surface area contributed by atoms with Crippen molar-refractivity contribution >= 4 is 12.0 Å². The van der Waals surface area contributed by atoms with Crippen LogP contribution in [0.2, 0.25) is 0 Å². The van der Waals surface area contributed by atoms with E-state index < -0.39 is 12.0 Å². The number of carbonyl (C=O) groups is 2. The molecule has 0 saturated heterocycles. The second kappa shape index (κ2) is 7.14. The van der Waals surface area contributed by atoms with Crippen LogP contribution >= 0.6 is 0 Å². The monoisotopic (exact) mass is 242 g/mol. The van der Waals surface area contributed by atoms with Crippen molar-refractivity contribution < 1.29 is 14.3 Å². The molecule has 2 N–H and O–H groups in total. The number of hydrogen-bond donors (Lipinski definition) is 2. The lowest BCUT2D eigenvalue weighted by Crippen LogP contribution is -2.48. The zero-order chi connectivity index (χ0) is 12.7. The van der Waals surface area contributed by atoms with E-state index in [2.05, 4.69) is 10.6 Å². The molecular formula is C12H22N2O3. The maximum absolute atomic E-state index is 11.6. The zero-order valence-electron chi connectivity index (χ0n) is 10.6. The Morgan fingerprint density at radius 3 is 2.53 bits per heavy atom. The molecule has 1 saturated carbocycles. The van der Waals surface area contributed by atoms with Gasteiger partial charge in [0.25, 0.3) is 0 Å². The van der Waals surface area contributed by atoms with Crippen molar-refractivity contribution in [2.24, 2.45) is 0 Å². The molecule has 1 rings (SSSR count). The molecule has 5 heteroatoms. The summed E-state index contributed by atoms with van der Waals surface area (Å²) < 4.78 is 4.81. The van der Waals surface area contributed by atoms with Crippen LogP contribution in [0.15, 0.2) is 0 Å². The molecular weight excluding hydrogens is 220 g/mol. The Hall–Kier alpha value is -1.26. The fraction of sp³-hybridized carbons (Fsp3) is 0.833. The van der Waals surface area contributed by atoms with Crippen molar-refractivity contribution in [1.82, 2.24) is 10.6 Å². The maximum Gasteiger partial charge on any atom is 0.328 e. The van der Waals surface area contributed by atoms with Gasteiger partial charge in [-0.3, -0.25) is 0 Å². The van der Waals surface area contributed by atoms with Gasteiger partial charge in [0, 0.05) is 6.04 Å². The maximum atomic E-state index is 11.6. The molecule has 0 spiro atoms. The van der Waals surface area contributed by atoms with Gasteiger partial charge in [0.1, 0.15) is 6.04 Å². The summed E-state index contributed by atoms with van der Waals surface area (Å²) in [6.07, 6.45) is 5.64. The van der Waals surface area contributed by atoms with Crippen LogP contribution in [0.5, 0.6) is 0 Å². The molecule has 1 aliphatic rings. The minimum Gasteiger partial charge on any atom is -0.464 e. The summed E-state index contributed by atoms with van der Waals surface area (Å²) in [6, 6.07) is -0.630. The average molecular weight is 242 g/mol. The number of esters is 1. The summed E-state index contributed by atoms with van der Waals surface area (Å²) >= 11 is 0. The summed E-state index contributed by atoms with van der Waals surface area (Å²) in [5.74, 6) is -0.397. The van der Waals surface area contributed by atoms with Gasteiger partial charge in [-0.15, -0.1) is 0 Å². The van der Waals surface area contributed by atoms with E-state index >= 15 is 0 Å². The molecule has 98 valence electrons. The molecule has 1 aliphatic carbocycles. The van der Waals surface area contributed by atoms with E-state index in [9.17, 15) is 9.59 Å². The van der Waals surface area contributed by atoms with E-state index in [1.807, 2.05) is 0 Å². The minimum atomic E-state index is -0.599. The molecule has 1 fully saturated rings.